The zero-order valence-electron chi connectivity index (χ0n) is 14.3. The van der Waals surface area contributed by atoms with Gasteiger partial charge in [-0.1, -0.05) is 6.07 Å². The molecule has 0 radical (unpaired) electrons. The molecule has 0 aliphatic heterocycles. The molecule has 0 saturated heterocycles. The van der Waals surface area contributed by atoms with E-state index in [1.807, 2.05) is 12.3 Å². The van der Waals surface area contributed by atoms with Crippen LogP contribution in [-0.2, 0) is 0 Å². The molecule has 4 aromatic rings. The smallest absolute Gasteiger partial charge is 0.283 e. The molecule has 27 heavy (non-hydrogen) atoms. The fourth-order valence-electron chi connectivity index (χ4n) is 2.66. The number of furan rings is 1. The largest absolute Gasteiger partial charge is 0.504 e. The van der Waals surface area contributed by atoms with E-state index in [1.165, 1.54) is 23.9 Å². The standard InChI is InChI=1S/C19H15N3O4S/c1-2-25-15-6-3-5-12(17(15)23)9-21-22-11-20-18-16(19(22)24)13(10-27-18)14-7-4-8-26-14/h3-11,23H,2H2,1H3/b21-9+. The lowest BCUT2D eigenvalue weighted by Gasteiger charge is -2.07. The SMILES string of the molecule is CCOc1cccc(/C=N/n2cnc3scc(-c4ccco4)c3c2=O)c1O. The van der Waals surface area contributed by atoms with Crippen LogP contribution >= 0.6 is 11.3 Å². The summed E-state index contributed by atoms with van der Waals surface area (Å²) in [6.45, 7) is 2.26. The number of aromatic nitrogens is 2. The summed E-state index contributed by atoms with van der Waals surface area (Å²) in [4.78, 5) is 17.8. The third-order valence-electron chi connectivity index (χ3n) is 3.92. The summed E-state index contributed by atoms with van der Waals surface area (Å²) < 4.78 is 11.9. The fourth-order valence-corrected chi connectivity index (χ4v) is 3.55. The second kappa shape index (κ2) is 7.08. The van der Waals surface area contributed by atoms with Gasteiger partial charge in [-0.2, -0.15) is 9.78 Å². The minimum Gasteiger partial charge on any atom is -0.504 e. The number of nitrogens with zero attached hydrogens (tertiary/aromatic N) is 3. The number of hydrogen-bond donors (Lipinski definition) is 1. The van der Waals surface area contributed by atoms with E-state index in [1.54, 1.807) is 36.6 Å². The Morgan fingerprint density at radius 3 is 3.04 bits per heavy atom. The third kappa shape index (κ3) is 3.11. The van der Waals surface area contributed by atoms with Crippen molar-refractivity contribution in [1.29, 1.82) is 0 Å². The van der Waals surface area contributed by atoms with Crippen LogP contribution in [0.2, 0.25) is 0 Å². The van der Waals surface area contributed by atoms with E-state index in [0.29, 0.717) is 39.5 Å². The molecule has 0 atom stereocenters. The van der Waals surface area contributed by atoms with Crippen molar-refractivity contribution < 1.29 is 14.3 Å². The predicted octanol–water partition coefficient (Wildman–Crippen LogP) is 3.70. The van der Waals surface area contributed by atoms with Crippen molar-refractivity contribution in [2.24, 2.45) is 5.10 Å². The maximum absolute atomic E-state index is 12.9. The summed E-state index contributed by atoms with van der Waals surface area (Å²) in [6.07, 6.45) is 4.30. The molecule has 4 rings (SSSR count). The van der Waals surface area contributed by atoms with Crippen LogP contribution in [0.3, 0.4) is 0 Å². The third-order valence-corrected chi connectivity index (χ3v) is 4.80. The number of benzene rings is 1. The Morgan fingerprint density at radius 2 is 2.26 bits per heavy atom. The Bertz CT molecular complexity index is 1180. The number of para-hydroxylation sites is 1. The molecule has 7 nitrogen and oxygen atoms in total. The normalized spacial score (nSPS) is 11.4. The van der Waals surface area contributed by atoms with Gasteiger partial charge in [0.15, 0.2) is 11.5 Å². The van der Waals surface area contributed by atoms with Crippen LogP contribution in [0.25, 0.3) is 21.5 Å². The van der Waals surface area contributed by atoms with Crippen LogP contribution in [0.4, 0.5) is 0 Å². The molecule has 8 heteroatoms. The Balaban J connectivity index is 1.76. The van der Waals surface area contributed by atoms with E-state index >= 15 is 0 Å². The van der Waals surface area contributed by atoms with Gasteiger partial charge in [-0.05, 0) is 31.2 Å². The van der Waals surface area contributed by atoms with Crippen molar-refractivity contribution >= 4 is 27.8 Å². The van der Waals surface area contributed by atoms with Crippen LogP contribution in [0.15, 0.2) is 62.6 Å². The van der Waals surface area contributed by atoms with Crippen molar-refractivity contribution in [1.82, 2.24) is 9.66 Å². The van der Waals surface area contributed by atoms with Gasteiger partial charge in [-0.15, -0.1) is 11.3 Å². The van der Waals surface area contributed by atoms with E-state index in [4.69, 9.17) is 9.15 Å². The van der Waals surface area contributed by atoms with Crippen LogP contribution in [-0.4, -0.2) is 27.6 Å². The van der Waals surface area contributed by atoms with E-state index in [-0.39, 0.29) is 11.3 Å². The van der Waals surface area contributed by atoms with Crippen LogP contribution < -0.4 is 10.3 Å². The number of rotatable bonds is 5. The molecule has 3 aromatic heterocycles. The van der Waals surface area contributed by atoms with Gasteiger partial charge in [0, 0.05) is 16.5 Å². The molecular formula is C19H15N3O4S. The van der Waals surface area contributed by atoms with Crippen molar-refractivity contribution in [3.63, 3.8) is 0 Å². The molecule has 0 unspecified atom stereocenters. The van der Waals surface area contributed by atoms with Crippen molar-refractivity contribution in [3.8, 4) is 22.8 Å². The quantitative estimate of drug-likeness (QED) is 0.532. The highest BCUT2D eigenvalue weighted by atomic mass is 32.1. The number of phenolic OH excluding ortho intramolecular Hbond substituents is 1. The molecule has 3 heterocycles. The zero-order chi connectivity index (χ0) is 18.8. The summed E-state index contributed by atoms with van der Waals surface area (Å²) in [7, 11) is 0. The van der Waals surface area contributed by atoms with Crippen LogP contribution in [0.5, 0.6) is 11.5 Å². The highest BCUT2D eigenvalue weighted by Gasteiger charge is 2.15. The van der Waals surface area contributed by atoms with Gasteiger partial charge in [0.2, 0.25) is 0 Å². The maximum atomic E-state index is 12.9. The molecule has 0 fully saturated rings. The number of fused-ring (bicyclic) bond motifs is 1. The highest BCUT2D eigenvalue weighted by Crippen LogP contribution is 2.31. The lowest BCUT2D eigenvalue weighted by atomic mass is 10.2. The lowest BCUT2D eigenvalue weighted by Crippen LogP contribution is -2.16. The monoisotopic (exact) mass is 381 g/mol. The van der Waals surface area contributed by atoms with Gasteiger partial charge in [0.05, 0.1) is 24.5 Å². The Kier molecular flexibility index (Phi) is 4.47. The maximum Gasteiger partial charge on any atom is 0.283 e. The number of thiophene rings is 1. The molecular weight excluding hydrogens is 366 g/mol. The van der Waals surface area contributed by atoms with E-state index in [0.717, 1.165) is 4.68 Å². The topological polar surface area (TPSA) is 89.9 Å². The predicted molar refractivity (Wildman–Crippen MR) is 104 cm³/mol. The molecule has 0 bridgehead atoms. The number of hydrogen-bond acceptors (Lipinski definition) is 7. The lowest BCUT2D eigenvalue weighted by molar-refractivity contribution is 0.318. The first-order valence-corrected chi connectivity index (χ1v) is 9.09. The van der Waals surface area contributed by atoms with Gasteiger partial charge in [-0.25, -0.2) is 4.98 Å². The number of aromatic hydroxyl groups is 1. The average Bonchev–Trinajstić information content (AvgIpc) is 3.33. The van der Waals surface area contributed by atoms with Crippen LogP contribution in [0, 0.1) is 0 Å². The first kappa shape index (κ1) is 17.0. The second-order valence-corrected chi connectivity index (χ2v) is 6.43. The molecule has 1 aromatic carbocycles. The van der Waals surface area contributed by atoms with E-state index in [9.17, 15) is 9.90 Å². The minimum atomic E-state index is -0.315. The van der Waals surface area contributed by atoms with Crippen LogP contribution in [0.1, 0.15) is 12.5 Å². The molecule has 0 spiro atoms. The summed E-state index contributed by atoms with van der Waals surface area (Å²) in [5.41, 5.74) is 0.803. The molecule has 0 saturated carbocycles. The Hall–Kier alpha value is -3.39. The minimum absolute atomic E-state index is 0.0306. The molecule has 136 valence electrons. The zero-order valence-corrected chi connectivity index (χ0v) is 15.1. The second-order valence-electron chi connectivity index (χ2n) is 5.57. The van der Waals surface area contributed by atoms with E-state index in [2.05, 4.69) is 10.1 Å². The average molecular weight is 381 g/mol. The van der Waals surface area contributed by atoms with Gasteiger partial charge >= 0.3 is 0 Å². The number of ether oxygens (including phenoxy) is 1. The molecule has 0 amide bonds. The summed E-state index contributed by atoms with van der Waals surface area (Å²) in [6, 6.07) is 8.64. The van der Waals surface area contributed by atoms with Crippen molar-refractivity contribution in [2.45, 2.75) is 6.92 Å². The summed E-state index contributed by atoms with van der Waals surface area (Å²) in [5.74, 6) is 0.932. The van der Waals surface area contributed by atoms with Crippen molar-refractivity contribution in [2.75, 3.05) is 6.61 Å². The van der Waals surface area contributed by atoms with Gasteiger partial charge in [0.25, 0.3) is 5.56 Å². The van der Waals surface area contributed by atoms with Gasteiger partial charge < -0.3 is 14.3 Å². The Morgan fingerprint density at radius 1 is 1.37 bits per heavy atom. The summed E-state index contributed by atoms with van der Waals surface area (Å²) >= 11 is 1.37. The highest BCUT2D eigenvalue weighted by molar-refractivity contribution is 7.17. The first-order chi connectivity index (χ1) is 13.2. The Labute approximate surface area is 157 Å². The van der Waals surface area contributed by atoms with E-state index < -0.39 is 0 Å². The number of phenols is 1. The molecule has 0 aliphatic rings. The van der Waals surface area contributed by atoms with Gasteiger partial charge in [0.1, 0.15) is 16.9 Å². The summed E-state index contributed by atoms with van der Waals surface area (Å²) in [5, 5.41) is 16.7. The molecule has 0 aliphatic carbocycles. The fraction of sp³-hybridized carbons (Fsp3) is 0.105. The van der Waals surface area contributed by atoms with Crippen molar-refractivity contribution in [3.05, 3.63) is 64.2 Å². The van der Waals surface area contributed by atoms with Gasteiger partial charge in [-0.3, -0.25) is 4.79 Å². The first-order valence-electron chi connectivity index (χ1n) is 8.21. The molecule has 1 N–H and O–H groups in total.